The fourth-order valence-electron chi connectivity index (χ4n) is 1.32. The molecule has 0 amide bonds. The van der Waals surface area contributed by atoms with Crippen molar-refractivity contribution >= 4 is 23.3 Å². The molecule has 2 aromatic rings. The average molecular weight is 281 g/mol. The van der Waals surface area contributed by atoms with Gasteiger partial charge in [0.15, 0.2) is 5.03 Å². The van der Waals surface area contributed by atoms with Crippen molar-refractivity contribution in [1.29, 1.82) is 0 Å². The van der Waals surface area contributed by atoms with E-state index in [2.05, 4.69) is 20.3 Å². The molecule has 0 unspecified atom stereocenters. The molecule has 8 nitrogen and oxygen atoms in total. The van der Waals surface area contributed by atoms with Crippen molar-refractivity contribution in [1.82, 2.24) is 15.0 Å². The minimum Gasteiger partial charge on any atom is -0.440 e. The molecule has 0 aliphatic heterocycles. The maximum Gasteiger partial charge on any atom is 0.343 e. The Labute approximate surface area is 112 Å². The van der Waals surface area contributed by atoms with Gasteiger partial charge in [0.1, 0.15) is 12.6 Å². The van der Waals surface area contributed by atoms with Gasteiger partial charge in [-0.1, -0.05) is 6.92 Å². The Balaban J connectivity index is 2.33. The molecule has 1 N–H and O–H groups in total. The van der Waals surface area contributed by atoms with Crippen LogP contribution in [0.1, 0.15) is 13.3 Å². The van der Waals surface area contributed by atoms with Gasteiger partial charge in [0.2, 0.25) is 5.82 Å². The van der Waals surface area contributed by atoms with Gasteiger partial charge >= 0.3 is 5.69 Å². The van der Waals surface area contributed by atoms with Gasteiger partial charge in [0.05, 0.1) is 11.1 Å². The van der Waals surface area contributed by atoms with E-state index in [1.807, 2.05) is 6.92 Å². The highest BCUT2D eigenvalue weighted by atomic mass is 32.2. The van der Waals surface area contributed by atoms with Crippen molar-refractivity contribution in [3.8, 4) is 0 Å². The van der Waals surface area contributed by atoms with Crippen LogP contribution >= 0.6 is 11.8 Å². The standard InChI is InChI=1S/C10H11N5O3S/c1-2-3-11-8-7(15(16)17)9(14-6-13-8)19-10-12-4-5-18-10/h4-6H,2-3H2,1H3,(H,11,13,14). The smallest absolute Gasteiger partial charge is 0.343 e. The van der Waals surface area contributed by atoms with E-state index >= 15 is 0 Å². The molecule has 19 heavy (non-hydrogen) atoms. The van der Waals surface area contributed by atoms with Gasteiger partial charge < -0.3 is 9.73 Å². The number of aromatic nitrogens is 3. The summed E-state index contributed by atoms with van der Waals surface area (Å²) in [5.41, 5.74) is -0.167. The van der Waals surface area contributed by atoms with E-state index in [9.17, 15) is 10.1 Å². The van der Waals surface area contributed by atoms with Gasteiger partial charge in [-0.05, 0) is 18.2 Å². The molecule has 0 aliphatic rings. The zero-order valence-electron chi connectivity index (χ0n) is 10.1. The van der Waals surface area contributed by atoms with Crippen molar-refractivity contribution in [3.05, 3.63) is 28.9 Å². The summed E-state index contributed by atoms with van der Waals surface area (Å²) >= 11 is 0.986. The SMILES string of the molecule is CCCNc1ncnc(Sc2ncco2)c1[N+](=O)[O-]. The highest BCUT2D eigenvalue weighted by molar-refractivity contribution is 7.99. The van der Waals surface area contributed by atoms with Crippen molar-refractivity contribution in [2.75, 3.05) is 11.9 Å². The van der Waals surface area contributed by atoms with Crippen LogP contribution in [0.2, 0.25) is 0 Å². The van der Waals surface area contributed by atoms with Crippen LogP contribution in [0.3, 0.4) is 0 Å². The summed E-state index contributed by atoms with van der Waals surface area (Å²) in [7, 11) is 0. The normalized spacial score (nSPS) is 10.4. The lowest BCUT2D eigenvalue weighted by Gasteiger charge is -2.06. The minimum absolute atomic E-state index is 0.167. The van der Waals surface area contributed by atoms with Crippen molar-refractivity contribution in [2.24, 2.45) is 0 Å². The monoisotopic (exact) mass is 281 g/mol. The molecule has 0 spiro atoms. The largest absolute Gasteiger partial charge is 0.440 e. The molecule has 0 saturated heterocycles. The van der Waals surface area contributed by atoms with Crippen molar-refractivity contribution < 1.29 is 9.34 Å². The molecule has 2 heterocycles. The molecule has 0 aliphatic carbocycles. The zero-order chi connectivity index (χ0) is 13.7. The first-order valence-corrected chi connectivity index (χ1v) is 6.34. The molecule has 0 radical (unpaired) electrons. The summed E-state index contributed by atoms with van der Waals surface area (Å²) in [4.78, 5) is 22.4. The van der Waals surface area contributed by atoms with Crippen LogP contribution in [-0.2, 0) is 0 Å². The Morgan fingerprint density at radius 3 is 2.95 bits per heavy atom. The highest BCUT2D eigenvalue weighted by Gasteiger charge is 2.24. The quantitative estimate of drug-likeness (QED) is 0.488. The van der Waals surface area contributed by atoms with Crippen molar-refractivity contribution in [2.45, 2.75) is 23.6 Å². The number of rotatable bonds is 6. The third kappa shape index (κ3) is 3.19. The summed E-state index contributed by atoms with van der Waals surface area (Å²) < 4.78 is 5.04. The van der Waals surface area contributed by atoms with Crippen LogP contribution in [0.4, 0.5) is 11.5 Å². The van der Waals surface area contributed by atoms with Crippen LogP contribution in [0.15, 0.2) is 33.5 Å². The number of oxazole rings is 1. The molecular formula is C10H11N5O3S. The summed E-state index contributed by atoms with van der Waals surface area (Å²) in [6, 6.07) is 0. The van der Waals surface area contributed by atoms with Crippen LogP contribution in [0.5, 0.6) is 0 Å². The number of hydrogen-bond acceptors (Lipinski definition) is 8. The average Bonchev–Trinajstić information content (AvgIpc) is 2.89. The number of anilines is 1. The summed E-state index contributed by atoms with van der Waals surface area (Å²) in [5.74, 6) is 0.205. The second kappa shape index (κ2) is 6.14. The molecule has 9 heteroatoms. The zero-order valence-corrected chi connectivity index (χ0v) is 10.9. The van der Waals surface area contributed by atoms with Gasteiger partial charge in [0.25, 0.3) is 5.22 Å². The Morgan fingerprint density at radius 2 is 2.32 bits per heavy atom. The first-order valence-electron chi connectivity index (χ1n) is 5.53. The third-order valence-electron chi connectivity index (χ3n) is 2.11. The highest BCUT2D eigenvalue weighted by Crippen LogP contribution is 2.35. The van der Waals surface area contributed by atoms with Gasteiger partial charge in [0, 0.05) is 6.54 Å². The molecule has 0 atom stereocenters. The molecule has 0 saturated carbocycles. The fourth-order valence-corrected chi connectivity index (χ4v) is 2.07. The topological polar surface area (TPSA) is 107 Å². The Morgan fingerprint density at radius 1 is 1.47 bits per heavy atom. The lowest BCUT2D eigenvalue weighted by atomic mass is 10.4. The molecule has 0 fully saturated rings. The van der Waals surface area contributed by atoms with E-state index in [-0.39, 0.29) is 16.5 Å². The number of nitro groups is 1. The second-order valence-electron chi connectivity index (χ2n) is 3.46. The number of nitrogens with one attached hydrogen (secondary N) is 1. The van der Waals surface area contributed by atoms with E-state index in [0.29, 0.717) is 11.8 Å². The van der Waals surface area contributed by atoms with Crippen LogP contribution in [0.25, 0.3) is 0 Å². The minimum atomic E-state index is -0.511. The van der Waals surface area contributed by atoms with Crippen LogP contribution in [0, 0.1) is 10.1 Å². The van der Waals surface area contributed by atoms with Crippen LogP contribution in [-0.4, -0.2) is 26.4 Å². The first-order chi connectivity index (χ1) is 9.22. The lowest BCUT2D eigenvalue weighted by molar-refractivity contribution is -0.387. The first kappa shape index (κ1) is 13.3. The van der Waals surface area contributed by atoms with E-state index in [0.717, 1.165) is 18.2 Å². The summed E-state index contributed by atoms with van der Waals surface area (Å²) in [5, 5.41) is 14.6. The van der Waals surface area contributed by atoms with Crippen LogP contribution < -0.4 is 5.32 Å². The maximum atomic E-state index is 11.2. The molecule has 2 rings (SSSR count). The van der Waals surface area contributed by atoms with Gasteiger partial charge in [-0.25, -0.2) is 15.0 Å². The Hall–Kier alpha value is -2.16. The maximum absolute atomic E-state index is 11.2. The predicted molar refractivity (Wildman–Crippen MR) is 68.1 cm³/mol. The van der Waals surface area contributed by atoms with Gasteiger partial charge in [-0.15, -0.1) is 0 Å². The Bertz CT molecular complexity index is 560. The lowest BCUT2D eigenvalue weighted by Crippen LogP contribution is -2.07. The van der Waals surface area contributed by atoms with E-state index < -0.39 is 4.92 Å². The fraction of sp³-hybridized carbons (Fsp3) is 0.300. The van der Waals surface area contributed by atoms with E-state index in [1.54, 1.807) is 0 Å². The predicted octanol–water partition coefficient (Wildman–Crippen LogP) is 2.35. The van der Waals surface area contributed by atoms with Gasteiger partial charge in [-0.2, -0.15) is 0 Å². The number of nitrogens with zero attached hydrogens (tertiary/aromatic N) is 4. The molecule has 100 valence electrons. The summed E-state index contributed by atoms with van der Waals surface area (Å²) in [6.45, 7) is 2.56. The summed E-state index contributed by atoms with van der Waals surface area (Å²) in [6.07, 6.45) is 4.97. The molecule has 2 aromatic heterocycles. The second-order valence-corrected chi connectivity index (χ2v) is 4.40. The van der Waals surface area contributed by atoms with E-state index in [1.165, 1.54) is 18.8 Å². The molecule has 0 aromatic carbocycles. The number of hydrogen-bond donors (Lipinski definition) is 1. The van der Waals surface area contributed by atoms with Crippen molar-refractivity contribution in [3.63, 3.8) is 0 Å². The Kier molecular flexibility index (Phi) is 4.29. The van der Waals surface area contributed by atoms with Gasteiger partial charge in [-0.3, -0.25) is 10.1 Å². The molecular weight excluding hydrogens is 270 g/mol. The third-order valence-corrected chi connectivity index (χ3v) is 2.98. The molecule has 0 bridgehead atoms. The van der Waals surface area contributed by atoms with E-state index in [4.69, 9.17) is 4.42 Å².